The number of amides is 2. The van der Waals surface area contributed by atoms with Crippen LogP contribution < -0.4 is 10.6 Å². The van der Waals surface area contributed by atoms with Gasteiger partial charge in [0, 0.05) is 5.69 Å². The number of nitriles is 1. The third kappa shape index (κ3) is 3.53. The molecule has 94 valence electrons. The highest BCUT2D eigenvalue weighted by atomic mass is 79.9. The fourth-order valence-electron chi connectivity index (χ4n) is 1.16. The molecule has 0 fully saturated rings. The fraction of sp³-hybridized carbons (Fsp3) is 0.182. The van der Waals surface area contributed by atoms with Crippen molar-refractivity contribution in [3.8, 4) is 6.07 Å². The van der Waals surface area contributed by atoms with Crippen LogP contribution in [0.4, 0.5) is 10.1 Å². The molecule has 0 heterocycles. The highest BCUT2D eigenvalue weighted by Crippen LogP contribution is 2.24. The number of nitrogens with one attached hydrogen (secondary N) is 2. The Morgan fingerprint density at radius 2 is 2.11 bits per heavy atom. The lowest BCUT2D eigenvalue weighted by Gasteiger charge is -2.08. The van der Waals surface area contributed by atoms with Gasteiger partial charge in [0.1, 0.15) is 12.4 Å². The summed E-state index contributed by atoms with van der Waals surface area (Å²) in [6, 6.07) is 4.27. The van der Waals surface area contributed by atoms with Gasteiger partial charge in [-0.15, -0.1) is 0 Å². The van der Waals surface area contributed by atoms with Crippen LogP contribution in [0.5, 0.6) is 0 Å². The second-order valence-corrected chi connectivity index (χ2v) is 4.23. The number of halogens is 2. The fourth-order valence-corrected chi connectivity index (χ4v) is 1.50. The lowest BCUT2D eigenvalue weighted by molar-refractivity contribution is -0.136. The normalized spacial score (nSPS) is 9.44. The Morgan fingerprint density at radius 1 is 1.44 bits per heavy atom. The summed E-state index contributed by atoms with van der Waals surface area (Å²) in [5, 5.41) is 12.7. The lowest BCUT2D eigenvalue weighted by atomic mass is 10.2. The van der Waals surface area contributed by atoms with Gasteiger partial charge in [0.05, 0.1) is 10.5 Å². The molecule has 2 N–H and O–H groups in total. The Hall–Kier alpha value is -1.94. The van der Waals surface area contributed by atoms with Crippen molar-refractivity contribution in [2.45, 2.75) is 6.92 Å². The summed E-state index contributed by atoms with van der Waals surface area (Å²) in [7, 11) is 0. The maximum Gasteiger partial charge on any atom is 0.313 e. The van der Waals surface area contributed by atoms with Crippen molar-refractivity contribution in [1.29, 1.82) is 5.26 Å². The first kappa shape index (κ1) is 14.1. The van der Waals surface area contributed by atoms with E-state index in [4.69, 9.17) is 5.26 Å². The van der Waals surface area contributed by atoms with Crippen LogP contribution in [-0.4, -0.2) is 18.4 Å². The maximum atomic E-state index is 13.1. The van der Waals surface area contributed by atoms with E-state index in [-0.39, 0.29) is 11.0 Å². The zero-order valence-corrected chi connectivity index (χ0v) is 11.0. The van der Waals surface area contributed by atoms with Crippen LogP contribution >= 0.6 is 15.9 Å². The number of hydrogen-bond acceptors (Lipinski definition) is 3. The average molecular weight is 314 g/mol. The summed E-state index contributed by atoms with van der Waals surface area (Å²) in [5.74, 6) is -2.29. The molecule has 0 atom stereocenters. The maximum absolute atomic E-state index is 13.1. The third-order valence-electron chi connectivity index (χ3n) is 2.05. The van der Waals surface area contributed by atoms with Crippen molar-refractivity contribution >= 4 is 33.4 Å². The number of hydrogen-bond donors (Lipinski definition) is 2. The third-order valence-corrected chi connectivity index (χ3v) is 2.66. The molecular weight excluding hydrogens is 305 g/mol. The Morgan fingerprint density at radius 3 is 2.72 bits per heavy atom. The van der Waals surface area contributed by atoms with Crippen molar-refractivity contribution in [3.05, 3.63) is 28.0 Å². The largest absolute Gasteiger partial charge is 0.335 e. The molecule has 0 spiro atoms. The second kappa shape index (κ2) is 6.12. The first-order valence-corrected chi connectivity index (χ1v) is 5.66. The van der Waals surface area contributed by atoms with Gasteiger partial charge in [0.2, 0.25) is 0 Å². The van der Waals surface area contributed by atoms with Gasteiger partial charge in [-0.3, -0.25) is 9.59 Å². The minimum Gasteiger partial charge on any atom is -0.335 e. The van der Waals surface area contributed by atoms with E-state index in [1.165, 1.54) is 12.1 Å². The van der Waals surface area contributed by atoms with Gasteiger partial charge >= 0.3 is 11.8 Å². The Kier molecular flexibility index (Phi) is 4.80. The zero-order valence-electron chi connectivity index (χ0n) is 9.38. The molecule has 1 aromatic rings. The molecule has 7 heteroatoms. The quantitative estimate of drug-likeness (QED) is 0.641. The van der Waals surface area contributed by atoms with Crippen LogP contribution in [0.25, 0.3) is 0 Å². The van der Waals surface area contributed by atoms with Crippen LogP contribution in [0, 0.1) is 24.1 Å². The van der Waals surface area contributed by atoms with E-state index in [0.717, 1.165) is 0 Å². The molecule has 2 amide bonds. The van der Waals surface area contributed by atoms with Crippen molar-refractivity contribution in [2.75, 3.05) is 11.9 Å². The van der Waals surface area contributed by atoms with Crippen LogP contribution in [0.2, 0.25) is 0 Å². The molecule has 1 rings (SSSR count). The highest BCUT2D eigenvalue weighted by molar-refractivity contribution is 9.10. The van der Waals surface area contributed by atoms with Gasteiger partial charge in [0.15, 0.2) is 0 Å². The van der Waals surface area contributed by atoms with Gasteiger partial charge in [-0.25, -0.2) is 4.39 Å². The summed E-state index contributed by atoms with van der Waals surface area (Å²) in [6.07, 6.45) is 0. The van der Waals surface area contributed by atoms with Crippen molar-refractivity contribution in [1.82, 2.24) is 5.32 Å². The summed E-state index contributed by atoms with van der Waals surface area (Å²) in [4.78, 5) is 22.6. The molecule has 1 aromatic carbocycles. The van der Waals surface area contributed by atoms with E-state index in [1.54, 1.807) is 13.0 Å². The lowest BCUT2D eigenvalue weighted by Crippen LogP contribution is -2.35. The summed E-state index contributed by atoms with van der Waals surface area (Å²) in [5.41, 5.74) is 0.803. The molecule has 0 aromatic heterocycles. The predicted octanol–water partition coefficient (Wildman–Crippen LogP) is 1.47. The average Bonchev–Trinajstić information content (AvgIpc) is 2.32. The van der Waals surface area contributed by atoms with Gasteiger partial charge < -0.3 is 10.6 Å². The second-order valence-electron chi connectivity index (χ2n) is 3.38. The summed E-state index contributed by atoms with van der Waals surface area (Å²) in [6.45, 7) is 1.34. The van der Waals surface area contributed by atoms with Crippen LogP contribution in [-0.2, 0) is 9.59 Å². The monoisotopic (exact) mass is 313 g/mol. The van der Waals surface area contributed by atoms with Crippen molar-refractivity contribution in [3.63, 3.8) is 0 Å². The van der Waals surface area contributed by atoms with Crippen LogP contribution in [0.1, 0.15) is 5.56 Å². The van der Waals surface area contributed by atoms with Crippen molar-refractivity contribution in [2.24, 2.45) is 0 Å². The standard InChI is InChI=1S/C11H9BrFN3O2/c1-6-4-8(13)7(12)5-9(6)16-11(18)10(17)15-3-2-14/h4-5H,3H2,1H3,(H,15,17)(H,16,18). The first-order valence-electron chi connectivity index (χ1n) is 4.87. The topological polar surface area (TPSA) is 82.0 Å². The van der Waals surface area contributed by atoms with Crippen molar-refractivity contribution < 1.29 is 14.0 Å². The predicted molar refractivity (Wildman–Crippen MR) is 66.1 cm³/mol. The van der Waals surface area contributed by atoms with Gasteiger partial charge in [-0.1, -0.05) is 0 Å². The number of carbonyl (C=O) groups excluding carboxylic acids is 2. The molecule has 0 bridgehead atoms. The van der Waals surface area contributed by atoms with Crippen LogP contribution in [0.3, 0.4) is 0 Å². The zero-order chi connectivity index (χ0) is 13.7. The first-order chi connectivity index (χ1) is 8.45. The molecule has 0 saturated heterocycles. The SMILES string of the molecule is Cc1cc(F)c(Br)cc1NC(=O)C(=O)NCC#N. The number of aryl methyl sites for hydroxylation is 1. The number of anilines is 1. The Balaban J connectivity index is 2.80. The van der Waals surface area contributed by atoms with E-state index >= 15 is 0 Å². The smallest absolute Gasteiger partial charge is 0.313 e. The Bertz CT molecular complexity index is 540. The van der Waals surface area contributed by atoms with Gasteiger partial charge in [0.25, 0.3) is 0 Å². The molecule has 5 nitrogen and oxygen atoms in total. The van der Waals surface area contributed by atoms with E-state index in [1.807, 2.05) is 0 Å². The van der Waals surface area contributed by atoms with E-state index in [9.17, 15) is 14.0 Å². The molecule has 18 heavy (non-hydrogen) atoms. The number of rotatable bonds is 2. The van der Waals surface area contributed by atoms with Crippen LogP contribution in [0.15, 0.2) is 16.6 Å². The molecule has 0 unspecified atom stereocenters. The molecule has 0 aliphatic rings. The van der Waals surface area contributed by atoms with Gasteiger partial charge in [-0.05, 0) is 40.5 Å². The summed E-state index contributed by atoms with van der Waals surface area (Å²) >= 11 is 2.98. The van der Waals surface area contributed by atoms with E-state index in [0.29, 0.717) is 11.3 Å². The molecule has 0 saturated carbocycles. The van der Waals surface area contributed by atoms with Gasteiger partial charge in [-0.2, -0.15) is 5.26 Å². The molecule has 0 aliphatic carbocycles. The Labute approximate surface area is 111 Å². The number of carbonyl (C=O) groups is 2. The molecule has 0 aliphatic heterocycles. The number of benzene rings is 1. The van der Waals surface area contributed by atoms with E-state index < -0.39 is 17.6 Å². The number of nitrogens with zero attached hydrogens (tertiary/aromatic N) is 1. The highest BCUT2D eigenvalue weighted by Gasteiger charge is 2.15. The summed E-state index contributed by atoms with van der Waals surface area (Å²) < 4.78 is 13.3. The van der Waals surface area contributed by atoms with E-state index in [2.05, 4.69) is 26.6 Å². The minimum atomic E-state index is -0.920. The molecule has 0 radical (unpaired) electrons. The molecular formula is C11H9BrFN3O2. The minimum absolute atomic E-state index is 0.181.